The molecule has 7 aliphatic carbocycles. The van der Waals surface area contributed by atoms with Crippen molar-refractivity contribution in [1.82, 2.24) is 0 Å². The van der Waals surface area contributed by atoms with Crippen LogP contribution in [0.2, 0.25) is 0 Å². The van der Waals surface area contributed by atoms with Crippen molar-refractivity contribution >= 4 is 45.3 Å². The topological polar surface area (TPSA) is 6.48 Å². The maximum atomic E-state index is 2.69. The lowest BCUT2D eigenvalue weighted by molar-refractivity contribution is 0.240. The predicted octanol–water partition coefficient (Wildman–Crippen LogP) is 20.8. The van der Waals surface area contributed by atoms with E-state index in [1.165, 1.54) is 137 Å². The molecule has 2 nitrogen and oxygen atoms in total. The standard InChI is InChI=1S/C77H72N2/c1-75(2)38-37-65-73(79(59-30-18-28-52(40-59)50-21-11-8-12-22-50)61-33-35-64-67-43-54-24-14-16-26-56(54)45-69(67)77(5,6)71(64)47-61)36-31-57-41-62(48-72(75)74(57)65)78(58-29-17-27-51(39-58)49-19-9-7-10-20-49)60-32-34-63-66-42-53-23-13-15-25-55(53)44-68(66)76(3,4)70(63)46-60/h8-9,11-19,21-36,39-43,45-47,49,55,66,68,72H,7,10,20,37-38,44,48H2,1-6H3. The van der Waals surface area contributed by atoms with E-state index in [-0.39, 0.29) is 16.2 Å². The molecule has 0 aromatic heterocycles. The summed E-state index contributed by atoms with van der Waals surface area (Å²) in [5.41, 5.74) is 25.9. The van der Waals surface area contributed by atoms with Crippen LogP contribution in [-0.4, -0.2) is 0 Å². The maximum Gasteiger partial charge on any atom is 0.0496 e. The number of nitrogens with zero attached hydrogens (tertiary/aromatic N) is 2. The number of fused-ring (bicyclic) bond motifs is 8. The predicted molar refractivity (Wildman–Crippen MR) is 334 cm³/mol. The van der Waals surface area contributed by atoms with Crippen LogP contribution in [0, 0.1) is 17.3 Å². The Balaban J connectivity index is 0.891. The van der Waals surface area contributed by atoms with Gasteiger partial charge in [-0.2, -0.15) is 0 Å². The van der Waals surface area contributed by atoms with E-state index in [4.69, 9.17) is 0 Å². The summed E-state index contributed by atoms with van der Waals surface area (Å²) in [6.45, 7) is 15.0. The molecule has 0 fully saturated rings. The van der Waals surface area contributed by atoms with Crippen LogP contribution >= 0.6 is 0 Å². The fourth-order valence-electron chi connectivity index (χ4n) is 16.1. The van der Waals surface area contributed by atoms with Crippen molar-refractivity contribution in [3.63, 3.8) is 0 Å². The summed E-state index contributed by atoms with van der Waals surface area (Å²) < 4.78 is 0. The molecular weight excluding hydrogens is 953 g/mol. The number of hydrogen-bond acceptors (Lipinski definition) is 2. The Morgan fingerprint density at radius 3 is 2.14 bits per heavy atom. The zero-order valence-corrected chi connectivity index (χ0v) is 46.9. The van der Waals surface area contributed by atoms with Gasteiger partial charge in [-0.05, 0) is 224 Å². The van der Waals surface area contributed by atoms with Crippen LogP contribution in [0.1, 0.15) is 142 Å². The number of rotatable bonds is 8. The quantitative estimate of drug-likeness (QED) is 0.140. The van der Waals surface area contributed by atoms with E-state index in [9.17, 15) is 0 Å². The first-order chi connectivity index (χ1) is 38.4. The molecule has 0 aliphatic heterocycles. The Bertz CT molecular complexity index is 3960. The third kappa shape index (κ3) is 7.79. The van der Waals surface area contributed by atoms with Gasteiger partial charge in [-0.15, -0.1) is 0 Å². The molecule has 15 rings (SSSR count). The Labute approximate surface area is 469 Å². The second kappa shape index (κ2) is 18.2. The normalized spacial score (nSPS) is 22.9. The van der Waals surface area contributed by atoms with E-state index in [2.05, 4.69) is 264 Å². The summed E-state index contributed by atoms with van der Waals surface area (Å²) in [5.74, 6) is 2.28. The van der Waals surface area contributed by atoms with E-state index in [1.807, 2.05) is 0 Å². The van der Waals surface area contributed by atoms with Crippen molar-refractivity contribution in [3.05, 3.63) is 262 Å². The van der Waals surface area contributed by atoms with Crippen LogP contribution < -0.4 is 9.80 Å². The van der Waals surface area contributed by atoms with E-state index in [0.29, 0.717) is 29.6 Å². The molecule has 0 heterocycles. The molecule has 0 amide bonds. The molecule has 7 aliphatic rings. The van der Waals surface area contributed by atoms with Crippen molar-refractivity contribution in [1.29, 1.82) is 0 Å². The summed E-state index contributed by atoms with van der Waals surface area (Å²) in [4.78, 5) is 5.30. The van der Waals surface area contributed by atoms with Crippen molar-refractivity contribution in [2.75, 3.05) is 9.80 Å². The lowest BCUT2D eigenvalue weighted by Gasteiger charge is -2.46. The lowest BCUT2D eigenvalue weighted by Crippen LogP contribution is -2.34. The van der Waals surface area contributed by atoms with E-state index >= 15 is 0 Å². The lowest BCUT2D eigenvalue weighted by atomic mass is 9.61. The smallest absolute Gasteiger partial charge is 0.0496 e. The molecule has 0 saturated heterocycles. The molecule has 5 unspecified atom stereocenters. The molecule has 2 heteroatoms. The SMILES string of the molecule is CC1(C)c2cc(N(c3cccc(-c4ccccc4)c3)c3ccc4c5c3CCC(C)(C)C5CC(N(c3cccc(C5C=CCCC5)c3)c3ccc5c(c3)C(C)(C)C3CC6C=CC=CC6=CC53)=C4)ccc2-c2cc3ccccc3cc21. The van der Waals surface area contributed by atoms with Crippen LogP contribution in [0.15, 0.2) is 218 Å². The highest BCUT2D eigenvalue weighted by molar-refractivity contribution is 5.95. The van der Waals surface area contributed by atoms with Gasteiger partial charge in [0, 0.05) is 57.3 Å². The monoisotopic (exact) mass is 1020 g/mol. The molecular formula is C77H72N2. The van der Waals surface area contributed by atoms with Crippen molar-refractivity contribution in [2.24, 2.45) is 17.3 Å². The van der Waals surface area contributed by atoms with Crippen molar-refractivity contribution < 1.29 is 0 Å². The molecule has 0 spiro atoms. The summed E-state index contributed by atoms with van der Waals surface area (Å²) in [6, 6.07) is 63.5. The van der Waals surface area contributed by atoms with Crippen LogP contribution in [0.5, 0.6) is 0 Å². The Hall–Kier alpha value is -7.68. The Morgan fingerprint density at radius 2 is 1.30 bits per heavy atom. The van der Waals surface area contributed by atoms with Crippen LogP contribution in [-0.2, 0) is 17.3 Å². The summed E-state index contributed by atoms with van der Waals surface area (Å²) >= 11 is 0. The first kappa shape index (κ1) is 48.4. The summed E-state index contributed by atoms with van der Waals surface area (Å²) in [7, 11) is 0. The first-order valence-electron chi connectivity index (χ1n) is 29.7. The molecule has 8 aromatic rings. The average Bonchev–Trinajstić information content (AvgIpc) is 4.11. The van der Waals surface area contributed by atoms with Crippen molar-refractivity contribution in [2.45, 2.75) is 115 Å². The number of allylic oxidation sites excluding steroid dienone is 9. The second-order valence-corrected chi connectivity index (χ2v) is 26.1. The average molecular weight is 1030 g/mol. The van der Waals surface area contributed by atoms with Gasteiger partial charge in [-0.1, -0.05) is 181 Å². The highest BCUT2D eigenvalue weighted by Crippen LogP contribution is 2.60. The molecule has 5 atom stereocenters. The zero-order valence-electron chi connectivity index (χ0n) is 46.9. The number of benzene rings is 8. The third-order valence-electron chi connectivity index (χ3n) is 20.5. The van der Waals surface area contributed by atoms with Gasteiger partial charge in [0.25, 0.3) is 0 Å². The molecule has 0 N–H and O–H groups in total. The molecule has 8 aromatic carbocycles. The van der Waals surface area contributed by atoms with E-state index < -0.39 is 0 Å². The van der Waals surface area contributed by atoms with Crippen LogP contribution in [0.4, 0.5) is 28.4 Å². The second-order valence-electron chi connectivity index (χ2n) is 26.1. The highest BCUT2D eigenvalue weighted by Gasteiger charge is 2.49. The number of hydrogen-bond donors (Lipinski definition) is 0. The minimum absolute atomic E-state index is 0.0391. The summed E-state index contributed by atoms with van der Waals surface area (Å²) in [5, 5.41) is 2.60. The van der Waals surface area contributed by atoms with Gasteiger partial charge in [-0.25, -0.2) is 0 Å². The Morgan fingerprint density at radius 1 is 0.570 bits per heavy atom. The van der Waals surface area contributed by atoms with Gasteiger partial charge in [0.2, 0.25) is 0 Å². The fraction of sp³-hybridized carbons (Fsp3) is 0.273. The highest BCUT2D eigenvalue weighted by atomic mass is 15.2. The zero-order chi connectivity index (χ0) is 53.4. The molecule has 0 radical (unpaired) electrons. The van der Waals surface area contributed by atoms with Crippen molar-refractivity contribution in [3.8, 4) is 22.3 Å². The molecule has 0 saturated carbocycles. The maximum absolute atomic E-state index is 2.69. The van der Waals surface area contributed by atoms with Gasteiger partial charge in [-0.3, -0.25) is 0 Å². The van der Waals surface area contributed by atoms with Gasteiger partial charge < -0.3 is 9.80 Å². The van der Waals surface area contributed by atoms with Gasteiger partial charge in [0.05, 0.1) is 0 Å². The van der Waals surface area contributed by atoms with Gasteiger partial charge in [0.1, 0.15) is 0 Å². The van der Waals surface area contributed by atoms with Gasteiger partial charge >= 0.3 is 0 Å². The third-order valence-corrected chi connectivity index (χ3v) is 20.5. The fourth-order valence-corrected chi connectivity index (χ4v) is 16.1. The van der Waals surface area contributed by atoms with Gasteiger partial charge in [0.15, 0.2) is 0 Å². The molecule has 390 valence electrons. The van der Waals surface area contributed by atoms with E-state index in [1.54, 1.807) is 5.56 Å². The Kier molecular flexibility index (Phi) is 11.2. The van der Waals surface area contributed by atoms with Crippen LogP contribution in [0.3, 0.4) is 0 Å². The molecule has 79 heavy (non-hydrogen) atoms. The largest absolute Gasteiger partial charge is 0.314 e. The minimum Gasteiger partial charge on any atom is -0.314 e. The molecule has 0 bridgehead atoms. The van der Waals surface area contributed by atoms with E-state index in [0.717, 1.165) is 19.3 Å². The minimum atomic E-state index is -0.167. The van der Waals surface area contributed by atoms with Crippen LogP contribution in [0.25, 0.3) is 39.1 Å². The number of anilines is 5. The summed E-state index contributed by atoms with van der Waals surface area (Å²) in [6.07, 6.45) is 27.3. The first-order valence-corrected chi connectivity index (χ1v) is 29.7.